The standard InChI is InChI=1S/C32H42BrNO6S/c1-32(2,3)40-24(35)19-39-28-25(33)29(41-30(28)31(37)38-4)22-16-11-17-23(18-22)34-26(20-12-7-5-8-13-20)27(36)21-14-9-6-10-15-21/h11,16-18,20-21,26,34H,5-10,12-15,19H2,1-4H3. The number of rotatable bonds is 10. The Morgan fingerprint density at radius 2 is 1.68 bits per heavy atom. The van der Waals surface area contributed by atoms with E-state index >= 15 is 0 Å². The second-order valence-corrected chi connectivity index (χ2v) is 13.9. The summed E-state index contributed by atoms with van der Waals surface area (Å²) in [5, 5.41) is 3.65. The van der Waals surface area contributed by atoms with Crippen LogP contribution in [-0.2, 0) is 19.1 Å². The molecule has 2 aliphatic rings. The predicted octanol–water partition coefficient (Wildman–Crippen LogP) is 8.19. The van der Waals surface area contributed by atoms with Crippen LogP contribution in [0.3, 0.4) is 0 Å². The third-order valence-corrected chi connectivity index (χ3v) is 10.0. The average molecular weight is 649 g/mol. The molecule has 2 saturated carbocycles. The molecule has 0 aliphatic heterocycles. The monoisotopic (exact) mass is 647 g/mol. The Hall–Kier alpha value is -2.39. The highest BCUT2D eigenvalue weighted by atomic mass is 79.9. The molecule has 2 fully saturated rings. The zero-order valence-electron chi connectivity index (χ0n) is 24.6. The molecular weight excluding hydrogens is 606 g/mol. The largest absolute Gasteiger partial charge is 0.479 e. The molecule has 7 nitrogen and oxygen atoms in total. The minimum absolute atomic E-state index is 0.144. The van der Waals surface area contributed by atoms with Crippen LogP contribution >= 0.6 is 27.3 Å². The zero-order chi connectivity index (χ0) is 29.6. The maximum absolute atomic E-state index is 13.8. The maximum Gasteiger partial charge on any atom is 0.351 e. The number of hydrogen-bond donors (Lipinski definition) is 1. The summed E-state index contributed by atoms with van der Waals surface area (Å²) >= 11 is 4.84. The molecule has 1 aromatic heterocycles. The van der Waals surface area contributed by atoms with Crippen LogP contribution in [0.15, 0.2) is 28.7 Å². The van der Waals surface area contributed by atoms with Crippen molar-refractivity contribution < 1.29 is 28.6 Å². The number of carbonyl (C=O) groups excluding carboxylic acids is 3. The molecule has 0 spiro atoms. The molecule has 1 heterocycles. The van der Waals surface area contributed by atoms with E-state index in [-0.39, 0.29) is 29.2 Å². The van der Waals surface area contributed by atoms with Gasteiger partial charge in [-0.25, -0.2) is 9.59 Å². The molecule has 1 N–H and O–H groups in total. The van der Waals surface area contributed by atoms with E-state index in [0.717, 1.165) is 54.7 Å². The molecule has 1 atom stereocenters. The number of thiophene rings is 1. The molecule has 9 heteroatoms. The van der Waals surface area contributed by atoms with Crippen molar-refractivity contribution in [3.05, 3.63) is 33.6 Å². The van der Waals surface area contributed by atoms with E-state index in [1.54, 1.807) is 20.8 Å². The van der Waals surface area contributed by atoms with Crippen LogP contribution in [0, 0.1) is 11.8 Å². The summed E-state index contributed by atoms with van der Waals surface area (Å²) in [6, 6.07) is 7.72. The van der Waals surface area contributed by atoms with E-state index in [0.29, 0.717) is 16.2 Å². The van der Waals surface area contributed by atoms with Gasteiger partial charge in [-0.05, 0) is 86.0 Å². The van der Waals surface area contributed by atoms with Crippen molar-refractivity contribution in [3.63, 3.8) is 0 Å². The number of anilines is 1. The first-order valence-corrected chi connectivity index (χ1v) is 16.3. The number of ketones is 1. The maximum atomic E-state index is 13.8. The predicted molar refractivity (Wildman–Crippen MR) is 166 cm³/mol. The lowest BCUT2D eigenvalue weighted by atomic mass is 9.76. The third-order valence-electron chi connectivity index (χ3n) is 7.82. The third kappa shape index (κ3) is 8.34. The fourth-order valence-corrected chi connectivity index (χ4v) is 7.87. The van der Waals surface area contributed by atoms with E-state index in [9.17, 15) is 14.4 Å². The Kier molecular flexibility index (Phi) is 10.9. The van der Waals surface area contributed by atoms with Gasteiger partial charge in [-0.3, -0.25) is 4.79 Å². The number of Topliss-reactive ketones (excluding diaryl/α,β-unsaturated/α-hetero) is 1. The number of halogens is 1. The molecule has 1 aromatic carbocycles. The average Bonchev–Trinajstić information content (AvgIpc) is 3.30. The van der Waals surface area contributed by atoms with Crippen LogP contribution in [0.5, 0.6) is 5.75 Å². The molecule has 0 amide bonds. The van der Waals surface area contributed by atoms with E-state index < -0.39 is 17.5 Å². The van der Waals surface area contributed by atoms with Crippen molar-refractivity contribution in [2.24, 2.45) is 11.8 Å². The summed E-state index contributed by atoms with van der Waals surface area (Å²) in [6.07, 6.45) is 11.2. The number of esters is 2. The van der Waals surface area contributed by atoms with Crippen molar-refractivity contribution in [2.75, 3.05) is 19.0 Å². The van der Waals surface area contributed by atoms with Crippen LogP contribution in [-0.4, -0.2) is 43.1 Å². The topological polar surface area (TPSA) is 90.9 Å². The highest BCUT2D eigenvalue weighted by molar-refractivity contribution is 9.10. The summed E-state index contributed by atoms with van der Waals surface area (Å²) in [5.41, 5.74) is 1.08. The van der Waals surface area contributed by atoms with Gasteiger partial charge in [0, 0.05) is 11.6 Å². The highest BCUT2D eigenvalue weighted by Gasteiger charge is 2.34. The molecule has 1 unspecified atom stereocenters. The van der Waals surface area contributed by atoms with Gasteiger partial charge in [0.1, 0.15) is 5.60 Å². The zero-order valence-corrected chi connectivity index (χ0v) is 27.0. The second-order valence-electron chi connectivity index (χ2n) is 12.1. The van der Waals surface area contributed by atoms with Gasteiger partial charge in [0.15, 0.2) is 23.0 Å². The molecule has 2 aromatic rings. The van der Waals surface area contributed by atoms with Crippen molar-refractivity contribution in [1.29, 1.82) is 0 Å². The summed E-state index contributed by atoms with van der Waals surface area (Å²) in [5.74, 6) is 0.0133. The van der Waals surface area contributed by atoms with Crippen LogP contribution in [0.1, 0.15) is 94.7 Å². The number of carbonyl (C=O) groups is 3. The normalized spacial score (nSPS) is 17.5. The van der Waals surface area contributed by atoms with Crippen molar-refractivity contribution in [1.82, 2.24) is 0 Å². The molecule has 4 rings (SSSR count). The van der Waals surface area contributed by atoms with E-state index in [1.807, 2.05) is 24.3 Å². The first kappa shape index (κ1) is 31.5. The summed E-state index contributed by atoms with van der Waals surface area (Å²) in [7, 11) is 1.31. The van der Waals surface area contributed by atoms with E-state index in [2.05, 4.69) is 21.2 Å². The van der Waals surface area contributed by atoms with Gasteiger partial charge < -0.3 is 19.5 Å². The molecule has 0 saturated heterocycles. The van der Waals surface area contributed by atoms with Gasteiger partial charge in [0.2, 0.25) is 0 Å². The Bertz CT molecular complexity index is 1220. The smallest absolute Gasteiger partial charge is 0.351 e. The fourth-order valence-electron chi connectivity index (χ4n) is 5.90. The van der Waals surface area contributed by atoms with E-state index in [1.165, 1.54) is 44.1 Å². The first-order valence-electron chi connectivity index (χ1n) is 14.7. The molecule has 2 aliphatic carbocycles. The SMILES string of the molecule is COC(=O)c1sc(-c2cccc(NC(C(=O)C3CCCCC3)C3CCCCC3)c2)c(Br)c1OCC(=O)OC(C)(C)C. The van der Waals surface area contributed by atoms with Gasteiger partial charge in [-0.2, -0.15) is 0 Å². The molecular formula is C32H42BrNO6S. The number of methoxy groups -OCH3 is 1. The second kappa shape index (κ2) is 14.2. The number of nitrogens with one attached hydrogen (secondary N) is 1. The lowest BCUT2D eigenvalue weighted by Gasteiger charge is -2.34. The van der Waals surface area contributed by atoms with Crippen LogP contribution in [0.25, 0.3) is 10.4 Å². The van der Waals surface area contributed by atoms with Gasteiger partial charge >= 0.3 is 11.9 Å². The van der Waals surface area contributed by atoms with Crippen molar-refractivity contribution >= 4 is 50.7 Å². The van der Waals surface area contributed by atoms with Gasteiger partial charge in [0.25, 0.3) is 0 Å². The van der Waals surface area contributed by atoms with Crippen LogP contribution in [0.4, 0.5) is 5.69 Å². The van der Waals surface area contributed by atoms with Crippen LogP contribution < -0.4 is 10.1 Å². The Morgan fingerprint density at radius 3 is 2.32 bits per heavy atom. The lowest BCUT2D eigenvalue weighted by molar-refractivity contribution is -0.157. The minimum Gasteiger partial charge on any atom is -0.479 e. The van der Waals surface area contributed by atoms with Crippen molar-refractivity contribution in [2.45, 2.75) is 96.6 Å². The van der Waals surface area contributed by atoms with Crippen molar-refractivity contribution in [3.8, 4) is 16.2 Å². The number of benzene rings is 1. The Balaban J connectivity index is 1.59. The molecule has 224 valence electrons. The minimum atomic E-state index is -0.649. The first-order chi connectivity index (χ1) is 19.6. The molecule has 0 bridgehead atoms. The fraction of sp³-hybridized carbons (Fsp3) is 0.594. The highest BCUT2D eigenvalue weighted by Crippen LogP contribution is 2.46. The number of hydrogen-bond acceptors (Lipinski definition) is 8. The Morgan fingerprint density at radius 1 is 1.02 bits per heavy atom. The molecule has 41 heavy (non-hydrogen) atoms. The Labute approximate surface area is 255 Å². The van der Waals surface area contributed by atoms with Crippen LogP contribution in [0.2, 0.25) is 0 Å². The lowest BCUT2D eigenvalue weighted by Crippen LogP contribution is -2.42. The van der Waals surface area contributed by atoms with Gasteiger partial charge in [-0.15, -0.1) is 11.3 Å². The van der Waals surface area contributed by atoms with E-state index in [4.69, 9.17) is 14.2 Å². The van der Waals surface area contributed by atoms with Gasteiger partial charge in [-0.1, -0.05) is 50.7 Å². The molecule has 0 radical (unpaired) electrons. The summed E-state index contributed by atoms with van der Waals surface area (Å²) in [4.78, 5) is 39.8. The summed E-state index contributed by atoms with van der Waals surface area (Å²) < 4.78 is 16.7. The van der Waals surface area contributed by atoms with Gasteiger partial charge in [0.05, 0.1) is 22.5 Å². The quantitative estimate of drug-likeness (QED) is 0.260. The number of ether oxygens (including phenoxy) is 3. The summed E-state index contributed by atoms with van der Waals surface area (Å²) in [6.45, 7) is 5.01.